The number of ether oxygens (including phenoxy) is 2. The van der Waals surface area contributed by atoms with Gasteiger partial charge in [-0.3, -0.25) is 62.5 Å². The van der Waals surface area contributed by atoms with Crippen LogP contribution in [0.4, 0.5) is 0 Å². The minimum atomic E-state index is -1.08. The van der Waals surface area contributed by atoms with Crippen molar-refractivity contribution in [3.8, 4) is 34.3 Å². The fraction of sp³-hybridized carbons (Fsp3) is 0.548. The number of benzene rings is 3. The van der Waals surface area contributed by atoms with Crippen LogP contribution in [0.25, 0.3) is 17.1 Å². The summed E-state index contributed by atoms with van der Waals surface area (Å²) in [5, 5.41) is 70.1. The van der Waals surface area contributed by atoms with E-state index < -0.39 is 41.7 Å². The van der Waals surface area contributed by atoms with Gasteiger partial charge in [0.1, 0.15) is 29.4 Å². The van der Waals surface area contributed by atoms with Gasteiger partial charge in [-0.15, -0.1) is 10.2 Å². The normalized spacial score (nSPS) is 15.3. The van der Waals surface area contributed by atoms with Gasteiger partial charge in [-0.05, 0) is 121 Å². The molecule has 0 saturated carbocycles. The quantitative estimate of drug-likeness (QED) is 0.0251. The van der Waals surface area contributed by atoms with Gasteiger partial charge < -0.3 is 61.2 Å². The third-order valence-electron chi connectivity index (χ3n) is 15.5. The molecule has 0 aliphatic carbocycles. The Morgan fingerprint density at radius 1 is 0.648 bits per heavy atom. The Kier molecular flexibility index (Phi) is 32.6. The first-order chi connectivity index (χ1) is 43.1. The number of unbranched alkanes of at least 4 members (excludes halogenated alkanes) is 1. The Morgan fingerprint density at radius 2 is 1.23 bits per heavy atom. The van der Waals surface area contributed by atoms with Gasteiger partial charge >= 0.3 is 17.9 Å². The van der Waals surface area contributed by atoms with Crippen molar-refractivity contribution < 1.29 is 110 Å². The molecule has 5 amide bonds. The van der Waals surface area contributed by atoms with Gasteiger partial charge in [-0.2, -0.15) is 0 Å². The monoisotopic (exact) mass is 1540 g/mol. The van der Waals surface area contributed by atoms with Crippen molar-refractivity contribution in [2.45, 2.75) is 96.6 Å². The second-order valence-electron chi connectivity index (χ2n) is 22.7. The molecule has 1 aromatic heterocycles. The van der Waals surface area contributed by atoms with Crippen molar-refractivity contribution in [3.63, 3.8) is 0 Å². The van der Waals surface area contributed by atoms with E-state index in [9.17, 15) is 63.9 Å². The number of hydrogen-bond donors (Lipinski definition) is 9. The molecule has 0 bridgehead atoms. The third-order valence-corrected chi connectivity index (χ3v) is 16.2. The number of carboxylic acids is 3. The summed E-state index contributed by atoms with van der Waals surface area (Å²) in [5.41, 5.74) is 2.55. The molecule has 1 atom stereocenters. The number of amides is 5. The van der Waals surface area contributed by atoms with Crippen molar-refractivity contribution in [2.24, 2.45) is 0 Å². The number of rotatable bonds is 32. The Balaban J connectivity index is 0.0000150. The number of phenols is 2. The predicted molar refractivity (Wildman–Crippen MR) is 340 cm³/mol. The summed E-state index contributed by atoms with van der Waals surface area (Å²) in [6.07, 6.45) is 4.11. The fourth-order valence-electron chi connectivity index (χ4n) is 10.6. The Bertz CT molecular complexity index is 2990. The van der Waals surface area contributed by atoms with Crippen LogP contribution in [0, 0.1) is 40.4 Å². The van der Waals surface area contributed by atoms with E-state index in [0.717, 1.165) is 15.6 Å². The first kappa shape index (κ1) is 75.4. The molecule has 6 rings (SSSR count). The van der Waals surface area contributed by atoms with Crippen LogP contribution in [-0.4, -0.2) is 249 Å². The summed E-state index contributed by atoms with van der Waals surface area (Å²) in [6.45, 7) is 8.02. The van der Waals surface area contributed by atoms with E-state index >= 15 is 0 Å². The molecule has 3 aromatic carbocycles. The van der Waals surface area contributed by atoms with Crippen LogP contribution < -0.4 is 26.0 Å². The van der Waals surface area contributed by atoms with E-state index in [1.807, 2.05) is 38.1 Å². The zero-order valence-electron chi connectivity index (χ0n) is 51.8. The van der Waals surface area contributed by atoms with Gasteiger partial charge in [0, 0.05) is 157 Å². The van der Waals surface area contributed by atoms with Crippen molar-refractivity contribution in [1.82, 2.24) is 60.5 Å². The molecule has 2 aliphatic rings. The Morgan fingerprint density at radius 3 is 1.79 bits per heavy atom. The number of carboxylic acid groups (broad SMARTS) is 3. The molecule has 2 fully saturated rings. The van der Waals surface area contributed by atoms with E-state index in [1.165, 1.54) is 10.6 Å². The molecular weight excluding hydrogens is 1450 g/mol. The van der Waals surface area contributed by atoms with Crippen LogP contribution in [0.3, 0.4) is 0 Å². The zero-order valence-corrected chi connectivity index (χ0v) is 55.7. The maximum absolute atomic E-state index is 13.9. The molecule has 2 saturated heterocycles. The number of phenolic OH excluding ortho intramolecular Hbond substituents is 2. The number of carbonyl (C=O) groups is 8. The second-order valence-corrected chi connectivity index (χ2v) is 23.9. The molecule has 0 unspecified atom stereocenters. The summed E-state index contributed by atoms with van der Waals surface area (Å²) in [5.74, 6) is -4.42. The molecule has 27 nitrogen and oxygen atoms in total. The maximum atomic E-state index is 13.9. The number of carbonyl (C=O) groups excluding carboxylic acids is 5. The minimum Gasteiger partial charge on any atom is -0.508 e. The standard InChI is InChI=1S/C62H87IN12O15.Lu/c1-4-64-62(88)60-69-68-59(49-36-48(42(2)3)51(76)37-52(49)77)75(60)45-15-17-46(18-16-45)90-47-19-24-74(25-20-47)55(80)21-34-89-35-23-66-61(87)50(9-5-6-22-65-53(78)10-7-8-43-11-13-44(63)14-12-43)67-54(79)38-70-26-28-71(39-56(81)82)30-32-73(41-58(85)86)33-31-72(29-27-70)40-57(83)84;/h11-18,36-37,42,47,50,76-77H,4-10,19-35,38-41H2,1-3H3,(H,64,88)(H,65,78)(H,66,87)(H,67,79)(H,81,82)(H,83,84)(H,85,86);/t50-;/m0./s1. The first-order valence-electron chi connectivity index (χ1n) is 30.7. The number of hydrogen-bond acceptors (Lipinski definition) is 18. The number of aliphatic carboxylic acids is 3. The van der Waals surface area contributed by atoms with E-state index in [2.05, 4.69) is 54.1 Å². The van der Waals surface area contributed by atoms with Crippen LogP contribution in [-0.2, 0) is 44.7 Å². The molecule has 91 heavy (non-hydrogen) atoms. The number of aryl methyl sites for hydroxylation is 1. The SMILES string of the molecule is CCNC(=O)c1nnc(-c2cc(C(C)C)c(O)cc2O)n1-c1ccc(OC2CCN(C(=O)CCOCCNC(=O)[C@H](CCCCNC(=O)CCCc3ccc(I)cc3)NC(=O)CN3CCN(CC(=O)O)CCN(CC(=O)O)CCN(CC(=O)O)CC3)CC2)cc1.[Lu]. The number of nitrogens with zero attached hydrogens (tertiary/aromatic N) is 8. The molecule has 1 radical (unpaired) electrons. The van der Waals surface area contributed by atoms with E-state index in [0.29, 0.717) is 81.7 Å². The molecule has 29 heteroatoms. The van der Waals surface area contributed by atoms with Gasteiger partial charge in [-0.1, -0.05) is 26.0 Å². The number of piperidine rings is 1. The average Bonchev–Trinajstić information content (AvgIpc) is 1.77. The van der Waals surface area contributed by atoms with E-state index in [4.69, 9.17) is 9.47 Å². The van der Waals surface area contributed by atoms with Crippen LogP contribution in [0.1, 0.15) is 99.8 Å². The number of aromatic nitrogens is 3. The summed E-state index contributed by atoms with van der Waals surface area (Å²) in [4.78, 5) is 111. The van der Waals surface area contributed by atoms with Crippen LogP contribution in [0.2, 0.25) is 0 Å². The molecule has 507 valence electrons. The summed E-state index contributed by atoms with van der Waals surface area (Å²) < 4.78 is 14.8. The maximum Gasteiger partial charge on any atom is 0.317 e. The van der Waals surface area contributed by atoms with Gasteiger partial charge in [0.2, 0.25) is 29.5 Å². The zero-order chi connectivity index (χ0) is 65.1. The van der Waals surface area contributed by atoms with Crippen molar-refractivity contribution in [3.05, 3.63) is 81.2 Å². The molecule has 3 heterocycles. The van der Waals surface area contributed by atoms with E-state index in [-0.39, 0.29) is 201 Å². The topological polar surface area (TPSA) is 351 Å². The van der Waals surface area contributed by atoms with Gasteiger partial charge in [0.15, 0.2) is 5.82 Å². The smallest absolute Gasteiger partial charge is 0.317 e. The average molecular weight is 1540 g/mol. The molecule has 9 N–H and O–H groups in total. The van der Waals surface area contributed by atoms with Crippen molar-refractivity contribution >= 4 is 70.0 Å². The predicted octanol–water partition coefficient (Wildman–Crippen LogP) is 2.99. The number of aromatic hydroxyl groups is 2. The van der Waals surface area contributed by atoms with Crippen LogP contribution in [0.5, 0.6) is 17.2 Å². The summed E-state index contributed by atoms with van der Waals surface area (Å²) >= 11 is 2.25. The number of nitrogens with one attached hydrogen (secondary N) is 4. The van der Waals surface area contributed by atoms with E-state index in [1.54, 1.807) is 61.8 Å². The number of halogens is 1. The van der Waals surface area contributed by atoms with Crippen molar-refractivity contribution in [1.29, 1.82) is 0 Å². The first-order valence-corrected chi connectivity index (χ1v) is 31.8. The number of likely N-dealkylation sites (tertiary alicyclic amines) is 1. The molecular formula is C62H87ILuN12O15. The largest absolute Gasteiger partial charge is 0.508 e. The molecule has 2 aliphatic heterocycles. The van der Waals surface area contributed by atoms with Gasteiger partial charge in [-0.25, -0.2) is 0 Å². The van der Waals surface area contributed by atoms with Gasteiger partial charge in [0.05, 0.1) is 51.4 Å². The minimum absolute atomic E-state index is 0. The molecule has 4 aromatic rings. The summed E-state index contributed by atoms with van der Waals surface area (Å²) in [7, 11) is 0. The van der Waals surface area contributed by atoms with Crippen LogP contribution >= 0.6 is 22.6 Å². The third kappa shape index (κ3) is 26.0. The Labute approximate surface area is 573 Å². The van der Waals surface area contributed by atoms with Crippen molar-refractivity contribution in [2.75, 3.05) is 124 Å². The van der Waals surface area contributed by atoms with Crippen LogP contribution in [0.15, 0.2) is 60.7 Å². The summed E-state index contributed by atoms with van der Waals surface area (Å²) in [6, 6.07) is 17.1. The van der Waals surface area contributed by atoms with Gasteiger partial charge in [0.25, 0.3) is 5.91 Å². The second kappa shape index (κ2) is 39.3. The molecule has 0 spiro atoms. The Hall–Kier alpha value is -6.28. The fourth-order valence-corrected chi connectivity index (χ4v) is 11.0.